The molecule has 2 rings (SSSR count). The fourth-order valence-electron chi connectivity index (χ4n) is 3.46. The Kier molecular flexibility index (Phi) is 13.3. The van der Waals surface area contributed by atoms with Gasteiger partial charge in [0.05, 0.1) is 12.2 Å². The van der Waals surface area contributed by atoms with E-state index in [4.69, 9.17) is 9.47 Å². The van der Waals surface area contributed by atoms with E-state index < -0.39 is 24.7 Å². The number of rotatable bonds is 16. The Morgan fingerprint density at radius 3 is 1.95 bits per heavy atom. The molecule has 0 aromatic heterocycles. The molecule has 0 aliphatic carbocycles. The lowest BCUT2D eigenvalue weighted by Crippen LogP contribution is -2.19. The normalized spacial score (nSPS) is 11.5. The molecule has 0 fully saturated rings. The van der Waals surface area contributed by atoms with Crippen LogP contribution in [0.25, 0.3) is 6.08 Å². The molecule has 0 spiro atoms. The van der Waals surface area contributed by atoms with Crippen LogP contribution in [-0.4, -0.2) is 31.3 Å². The maximum absolute atomic E-state index is 12.3. The number of ether oxygens (including phenoxy) is 3. The van der Waals surface area contributed by atoms with Crippen molar-refractivity contribution in [3.05, 3.63) is 65.7 Å². The van der Waals surface area contributed by atoms with Gasteiger partial charge in [-0.25, -0.2) is 9.59 Å². The average molecular weight is 521 g/mol. The molecule has 8 heteroatoms. The van der Waals surface area contributed by atoms with Crippen molar-refractivity contribution < 1.29 is 37.0 Å². The second kappa shape index (κ2) is 16.5. The summed E-state index contributed by atoms with van der Waals surface area (Å²) in [6.45, 7) is 1.21. The van der Waals surface area contributed by atoms with Gasteiger partial charge in [-0.1, -0.05) is 70.4 Å². The lowest BCUT2D eigenvalue weighted by Gasteiger charge is -2.09. The molecule has 0 radical (unpaired) electrons. The molecule has 5 nitrogen and oxygen atoms in total. The highest BCUT2D eigenvalue weighted by Gasteiger charge is 2.28. The number of benzene rings is 2. The number of hydrogen-bond acceptors (Lipinski definition) is 5. The molecule has 2 aromatic rings. The fraction of sp³-hybridized carbons (Fsp3) is 0.448. The van der Waals surface area contributed by atoms with E-state index in [2.05, 4.69) is 11.7 Å². The first kappa shape index (κ1) is 29.9. The van der Waals surface area contributed by atoms with E-state index in [1.807, 2.05) is 0 Å². The van der Waals surface area contributed by atoms with E-state index in [1.165, 1.54) is 68.9 Å². The molecule has 0 saturated carbocycles. The first-order valence-electron chi connectivity index (χ1n) is 12.7. The molecule has 0 heterocycles. The van der Waals surface area contributed by atoms with Gasteiger partial charge in [-0.05, 0) is 54.5 Å². The lowest BCUT2D eigenvalue weighted by molar-refractivity contribution is -0.153. The standard InChI is InChI=1S/C29H35F3O5/c1-2-3-4-5-6-7-8-9-10-21-35-27(33)20-13-23-11-16-26(17-12-23)37-28(34)24-14-18-25(19-15-24)36-22-29(30,31)32/h11-20H,2-10,21-22H2,1H3. The monoisotopic (exact) mass is 520 g/mol. The highest BCUT2D eigenvalue weighted by atomic mass is 19.4. The van der Waals surface area contributed by atoms with Crippen LogP contribution in [0.5, 0.6) is 11.5 Å². The third kappa shape index (κ3) is 13.6. The highest BCUT2D eigenvalue weighted by Crippen LogP contribution is 2.20. The molecule has 0 atom stereocenters. The number of hydrogen-bond donors (Lipinski definition) is 0. The first-order valence-corrected chi connectivity index (χ1v) is 12.7. The van der Waals surface area contributed by atoms with Crippen molar-refractivity contribution in [1.82, 2.24) is 0 Å². The lowest BCUT2D eigenvalue weighted by atomic mass is 10.1. The predicted molar refractivity (Wildman–Crippen MR) is 137 cm³/mol. The maximum atomic E-state index is 12.3. The molecule has 37 heavy (non-hydrogen) atoms. The average Bonchev–Trinajstić information content (AvgIpc) is 2.88. The van der Waals surface area contributed by atoms with Crippen LogP contribution in [0.2, 0.25) is 0 Å². The maximum Gasteiger partial charge on any atom is 0.422 e. The minimum Gasteiger partial charge on any atom is -0.484 e. The van der Waals surface area contributed by atoms with E-state index in [9.17, 15) is 22.8 Å². The van der Waals surface area contributed by atoms with E-state index in [-0.39, 0.29) is 17.1 Å². The minimum atomic E-state index is -4.44. The number of carbonyl (C=O) groups is 2. The number of esters is 2. The Bertz CT molecular complexity index is 967. The van der Waals surface area contributed by atoms with Gasteiger partial charge in [0.1, 0.15) is 11.5 Å². The Morgan fingerprint density at radius 2 is 1.35 bits per heavy atom. The van der Waals surface area contributed by atoms with E-state index >= 15 is 0 Å². The van der Waals surface area contributed by atoms with Crippen LogP contribution >= 0.6 is 0 Å². The smallest absolute Gasteiger partial charge is 0.422 e. The summed E-state index contributed by atoms with van der Waals surface area (Å²) in [5.74, 6) is -0.785. The van der Waals surface area contributed by atoms with Gasteiger partial charge in [-0.3, -0.25) is 0 Å². The Labute approximate surface area is 216 Å². The summed E-state index contributed by atoms with van der Waals surface area (Å²) in [7, 11) is 0. The molecule has 0 aliphatic heterocycles. The van der Waals surface area contributed by atoms with Crippen LogP contribution in [0.15, 0.2) is 54.6 Å². The molecule has 0 bridgehead atoms. The van der Waals surface area contributed by atoms with Gasteiger partial charge < -0.3 is 14.2 Å². The van der Waals surface area contributed by atoms with Crippen molar-refractivity contribution in [2.75, 3.05) is 13.2 Å². The summed E-state index contributed by atoms with van der Waals surface area (Å²) in [6.07, 6.45) is 9.32. The predicted octanol–water partition coefficient (Wildman–Crippen LogP) is 7.93. The van der Waals surface area contributed by atoms with Gasteiger partial charge in [-0.2, -0.15) is 13.2 Å². The molecule has 2 aromatic carbocycles. The second-order valence-corrected chi connectivity index (χ2v) is 8.72. The van der Waals surface area contributed by atoms with Crippen LogP contribution in [0, 0.1) is 0 Å². The number of unbranched alkanes of at least 4 members (excludes halogenated alkanes) is 8. The topological polar surface area (TPSA) is 61.8 Å². The van der Waals surface area contributed by atoms with Crippen molar-refractivity contribution in [3.8, 4) is 11.5 Å². The molecule has 202 valence electrons. The van der Waals surface area contributed by atoms with Gasteiger partial charge in [-0.15, -0.1) is 0 Å². The van der Waals surface area contributed by atoms with Crippen molar-refractivity contribution in [1.29, 1.82) is 0 Å². The van der Waals surface area contributed by atoms with Crippen molar-refractivity contribution in [3.63, 3.8) is 0 Å². The van der Waals surface area contributed by atoms with Gasteiger partial charge >= 0.3 is 18.1 Å². The van der Waals surface area contributed by atoms with Crippen molar-refractivity contribution in [2.24, 2.45) is 0 Å². The van der Waals surface area contributed by atoms with Crippen molar-refractivity contribution >= 4 is 18.0 Å². The van der Waals surface area contributed by atoms with E-state index in [0.717, 1.165) is 24.8 Å². The summed E-state index contributed by atoms with van der Waals surface area (Å²) in [5.41, 5.74) is 0.893. The zero-order valence-electron chi connectivity index (χ0n) is 21.2. The third-order valence-electron chi connectivity index (χ3n) is 5.49. The van der Waals surface area contributed by atoms with Gasteiger partial charge in [0.25, 0.3) is 0 Å². The molecular weight excluding hydrogens is 485 g/mol. The van der Waals surface area contributed by atoms with Gasteiger partial charge in [0.15, 0.2) is 6.61 Å². The zero-order chi connectivity index (χ0) is 26.9. The number of halogens is 3. The van der Waals surface area contributed by atoms with E-state index in [0.29, 0.717) is 6.61 Å². The quantitative estimate of drug-likeness (QED) is 0.0973. The second-order valence-electron chi connectivity index (χ2n) is 8.72. The largest absolute Gasteiger partial charge is 0.484 e. The summed E-state index contributed by atoms with van der Waals surface area (Å²) < 4.78 is 51.8. The zero-order valence-corrected chi connectivity index (χ0v) is 21.2. The van der Waals surface area contributed by atoms with Crippen LogP contribution in [0.4, 0.5) is 13.2 Å². The van der Waals surface area contributed by atoms with Crippen molar-refractivity contribution in [2.45, 2.75) is 70.9 Å². The van der Waals surface area contributed by atoms with Crippen LogP contribution in [-0.2, 0) is 9.53 Å². The SMILES string of the molecule is CCCCCCCCCCCOC(=O)C=Cc1ccc(OC(=O)c2ccc(OCC(F)(F)F)cc2)cc1. The molecule has 0 unspecified atom stereocenters. The fourth-order valence-corrected chi connectivity index (χ4v) is 3.46. The van der Waals surface area contributed by atoms with Crippen LogP contribution in [0.1, 0.15) is 80.6 Å². The Balaban J connectivity index is 1.66. The summed E-state index contributed by atoms with van der Waals surface area (Å²) in [6, 6.07) is 11.7. The molecule has 0 amide bonds. The van der Waals surface area contributed by atoms with E-state index in [1.54, 1.807) is 30.3 Å². The van der Waals surface area contributed by atoms with Crippen LogP contribution < -0.4 is 9.47 Å². The molecular formula is C29H35F3O5. The number of carbonyl (C=O) groups excluding carboxylic acids is 2. The molecule has 0 N–H and O–H groups in total. The first-order chi connectivity index (χ1) is 17.8. The minimum absolute atomic E-state index is 0.00305. The molecule has 0 saturated heterocycles. The third-order valence-corrected chi connectivity index (χ3v) is 5.49. The summed E-state index contributed by atoms with van der Waals surface area (Å²) in [4.78, 5) is 24.2. The Morgan fingerprint density at radius 1 is 0.784 bits per heavy atom. The highest BCUT2D eigenvalue weighted by molar-refractivity contribution is 5.91. The van der Waals surface area contributed by atoms with Crippen LogP contribution in [0.3, 0.4) is 0 Å². The summed E-state index contributed by atoms with van der Waals surface area (Å²) >= 11 is 0. The van der Waals surface area contributed by atoms with Gasteiger partial charge in [0.2, 0.25) is 0 Å². The molecule has 0 aliphatic rings. The summed E-state index contributed by atoms with van der Waals surface area (Å²) in [5, 5.41) is 0. The number of alkyl halides is 3. The Hall–Kier alpha value is -3.29. The van der Waals surface area contributed by atoms with Gasteiger partial charge in [0, 0.05) is 6.08 Å².